The Hall–Kier alpha value is -0.210. The van der Waals surface area contributed by atoms with Gasteiger partial charge >= 0.3 is 0 Å². The van der Waals surface area contributed by atoms with Crippen LogP contribution in [0, 0.1) is 0 Å². The Balaban J connectivity index is 2.40. The lowest BCUT2D eigenvalue weighted by Gasteiger charge is -2.38. The van der Waals surface area contributed by atoms with E-state index < -0.39 is 2.88 Å². The second-order valence-electron chi connectivity index (χ2n) is 3.98. The SMILES string of the molecule is CC1(c2nn[nH]n2)CC(Cl)(I)C=CC1N. The molecule has 0 bridgehead atoms. The van der Waals surface area contributed by atoms with Crippen molar-refractivity contribution in [2.24, 2.45) is 5.73 Å². The minimum absolute atomic E-state index is 0.142. The number of tetrazole rings is 1. The van der Waals surface area contributed by atoms with E-state index in [1.807, 2.05) is 19.1 Å². The van der Waals surface area contributed by atoms with Gasteiger partial charge in [-0.1, -0.05) is 46.9 Å². The summed E-state index contributed by atoms with van der Waals surface area (Å²) < 4.78 is -0.428. The molecule has 82 valence electrons. The van der Waals surface area contributed by atoms with Crippen molar-refractivity contribution in [1.29, 1.82) is 0 Å². The molecule has 1 aromatic heterocycles. The van der Waals surface area contributed by atoms with Gasteiger partial charge in [-0.3, -0.25) is 0 Å². The molecule has 0 saturated heterocycles. The topological polar surface area (TPSA) is 80.5 Å². The van der Waals surface area contributed by atoms with Gasteiger partial charge in [-0.2, -0.15) is 5.21 Å². The number of nitrogens with one attached hydrogen (secondary N) is 1. The molecule has 1 heterocycles. The molecule has 2 rings (SSSR count). The van der Waals surface area contributed by atoms with Gasteiger partial charge in [0.2, 0.25) is 0 Å². The van der Waals surface area contributed by atoms with E-state index in [0.29, 0.717) is 12.2 Å². The predicted octanol–water partition coefficient (Wildman–Crippen LogP) is 1.11. The molecular formula is C8H11ClIN5. The zero-order chi connectivity index (χ0) is 11.1. The Kier molecular flexibility index (Phi) is 2.76. The molecule has 0 fully saturated rings. The molecule has 0 spiro atoms. The number of halogens is 2. The van der Waals surface area contributed by atoms with Crippen LogP contribution in [0.5, 0.6) is 0 Å². The minimum atomic E-state index is -0.428. The van der Waals surface area contributed by atoms with E-state index in [0.717, 1.165) is 0 Å². The molecule has 3 unspecified atom stereocenters. The molecule has 1 aromatic rings. The fourth-order valence-electron chi connectivity index (χ4n) is 1.76. The van der Waals surface area contributed by atoms with E-state index in [1.54, 1.807) is 0 Å². The Bertz CT molecular complexity index is 376. The van der Waals surface area contributed by atoms with E-state index in [-0.39, 0.29) is 11.5 Å². The molecule has 3 N–H and O–H groups in total. The number of alkyl halides is 2. The monoisotopic (exact) mass is 339 g/mol. The van der Waals surface area contributed by atoms with Crippen LogP contribution in [0.25, 0.3) is 0 Å². The quantitative estimate of drug-likeness (QED) is 0.456. The molecule has 0 aromatic carbocycles. The van der Waals surface area contributed by atoms with Gasteiger partial charge in [0.25, 0.3) is 0 Å². The fourth-order valence-corrected chi connectivity index (χ4v) is 3.11. The fraction of sp³-hybridized carbons (Fsp3) is 0.625. The summed E-state index contributed by atoms with van der Waals surface area (Å²) in [5.74, 6) is 0.612. The van der Waals surface area contributed by atoms with Gasteiger partial charge in [-0.25, -0.2) is 0 Å². The lowest BCUT2D eigenvalue weighted by molar-refractivity contribution is 0.356. The molecular weight excluding hydrogens is 328 g/mol. The molecule has 5 nitrogen and oxygen atoms in total. The maximum atomic E-state index is 6.30. The van der Waals surface area contributed by atoms with Crippen molar-refractivity contribution in [3.63, 3.8) is 0 Å². The maximum absolute atomic E-state index is 6.30. The van der Waals surface area contributed by atoms with Crippen LogP contribution in [-0.2, 0) is 5.41 Å². The summed E-state index contributed by atoms with van der Waals surface area (Å²) in [5, 5.41) is 14.0. The van der Waals surface area contributed by atoms with Crippen LogP contribution in [0.3, 0.4) is 0 Å². The summed E-state index contributed by atoms with van der Waals surface area (Å²) in [6.45, 7) is 2.00. The van der Waals surface area contributed by atoms with E-state index in [9.17, 15) is 0 Å². The Morgan fingerprint density at radius 3 is 3.07 bits per heavy atom. The highest BCUT2D eigenvalue weighted by molar-refractivity contribution is 14.1. The number of nitrogens with zero attached hydrogens (tertiary/aromatic N) is 3. The van der Waals surface area contributed by atoms with Gasteiger partial charge in [0, 0.05) is 6.04 Å². The van der Waals surface area contributed by atoms with Crippen LogP contribution in [0.1, 0.15) is 19.2 Å². The zero-order valence-corrected chi connectivity index (χ0v) is 11.0. The molecule has 0 radical (unpaired) electrons. The molecule has 3 atom stereocenters. The highest BCUT2D eigenvalue weighted by atomic mass is 127. The van der Waals surface area contributed by atoms with Crippen molar-refractivity contribution in [2.45, 2.75) is 27.7 Å². The molecule has 0 saturated carbocycles. The Morgan fingerprint density at radius 2 is 2.47 bits per heavy atom. The van der Waals surface area contributed by atoms with Crippen molar-refractivity contribution in [3.8, 4) is 0 Å². The molecule has 0 amide bonds. The smallest absolute Gasteiger partial charge is 0.182 e. The van der Waals surface area contributed by atoms with Crippen LogP contribution in [0.2, 0.25) is 0 Å². The third-order valence-electron chi connectivity index (χ3n) is 2.74. The number of nitrogens with two attached hydrogens (primary N) is 1. The van der Waals surface area contributed by atoms with Crippen LogP contribution < -0.4 is 5.73 Å². The first kappa shape index (κ1) is 11.3. The van der Waals surface area contributed by atoms with Crippen LogP contribution in [0.15, 0.2) is 12.2 Å². The number of hydrogen-bond acceptors (Lipinski definition) is 4. The molecule has 0 aliphatic heterocycles. The van der Waals surface area contributed by atoms with E-state index in [1.165, 1.54) is 0 Å². The lowest BCUT2D eigenvalue weighted by Crippen LogP contribution is -2.48. The van der Waals surface area contributed by atoms with Crippen molar-refractivity contribution in [2.75, 3.05) is 0 Å². The van der Waals surface area contributed by atoms with Crippen LogP contribution in [-0.4, -0.2) is 29.5 Å². The van der Waals surface area contributed by atoms with Crippen molar-refractivity contribution in [3.05, 3.63) is 18.0 Å². The van der Waals surface area contributed by atoms with E-state index in [4.69, 9.17) is 17.3 Å². The number of H-pyrrole nitrogens is 1. The minimum Gasteiger partial charge on any atom is -0.324 e. The van der Waals surface area contributed by atoms with Gasteiger partial charge in [-0.05, 0) is 6.42 Å². The van der Waals surface area contributed by atoms with Crippen molar-refractivity contribution < 1.29 is 0 Å². The second kappa shape index (κ2) is 3.67. The average Bonchev–Trinajstić information content (AvgIpc) is 2.64. The van der Waals surface area contributed by atoms with Crippen molar-refractivity contribution >= 4 is 34.2 Å². The third-order valence-corrected chi connectivity index (χ3v) is 3.74. The van der Waals surface area contributed by atoms with Gasteiger partial charge < -0.3 is 5.73 Å². The first-order chi connectivity index (χ1) is 6.94. The number of aromatic amines is 1. The van der Waals surface area contributed by atoms with E-state index >= 15 is 0 Å². The summed E-state index contributed by atoms with van der Waals surface area (Å²) in [6.07, 6.45) is 4.50. The second-order valence-corrected chi connectivity index (χ2v) is 7.21. The molecule has 7 heteroatoms. The van der Waals surface area contributed by atoms with Crippen molar-refractivity contribution in [1.82, 2.24) is 20.6 Å². The maximum Gasteiger partial charge on any atom is 0.182 e. The summed E-state index contributed by atoms with van der Waals surface area (Å²) in [5.41, 5.74) is 5.68. The highest BCUT2D eigenvalue weighted by Gasteiger charge is 2.45. The number of rotatable bonds is 1. The molecule has 15 heavy (non-hydrogen) atoms. The summed E-state index contributed by atoms with van der Waals surface area (Å²) in [4.78, 5) is 0. The summed E-state index contributed by atoms with van der Waals surface area (Å²) >= 11 is 8.48. The first-order valence-corrected chi connectivity index (χ1v) is 5.96. The standard InChI is InChI=1S/C8H11ClIN5/c1-7(6-12-14-15-13-6)4-8(9,10)3-2-5(7)11/h2-3,5H,4,11H2,1H3,(H,12,13,14,15). The number of hydrogen-bond donors (Lipinski definition) is 2. The van der Waals surface area contributed by atoms with Crippen LogP contribution in [0.4, 0.5) is 0 Å². The third kappa shape index (κ3) is 2.02. The normalized spacial score (nSPS) is 40.7. The van der Waals surface area contributed by atoms with Gasteiger partial charge in [0.05, 0.1) is 5.41 Å². The molecule has 1 aliphatic carbocycles. The predicted molar refractivity (Wildman–Crippen MR) is 65.9 cm³/mol. The average molecular weight is 340 g/mol. The number of allylic oxidation sites excluding steroid dienone is 1. The Morgan fingerprint density at radius 1 is 1.73 bits per heavy atom. The summed E-state index contributed by atoms with van der Waals surface area (Å²) in [7, 11) is 0. The first-order valence-electron chi connectivity index (χ1n) is 4.51. The van der Waals surface area contributed by atoms with Gasteiger partial charge in [0.15, 0.2) is 5.82 Å². The summed E-state index contributed by atoms with van der Waals surface area (Å²) in [6, 6.07) is -0.142. The lowest BCUT2D eigenvalue weighted by atomic mass is 9.74. The Labute approximate surface area is 106 Å². The highest BCUT2D eigenvalue weighted by Crippen LogP contribution is 2.44. The van der Waals surface area contributed by atoms with Crippen LogP contribution >= 0.6 is 34.2 Å². The van der Waals surface area contributed by atoms with Gasteiger partial charge in [0.1, 0.15) is 2.88 Å². The largest absolute Gasteiger partial charge is 0.324 e. The zero-order valence-electron chi connectivity index (χ0n) is 8.11. The molecule has 1 aliphatic rings. The number of aromatic nitrogens is 4. The van der Waals surface area contributed by atoms with Gasteiger partial charge in [-0.15, -0.1) is 21.8 Å². The van der Waals surface area contributed by atoms with E-state index in [2.05, 4.69) is 43.2 Å².